The van der Waals surface area contributed by atoms with Gasteiger partial charge in [0.15, 0.2) is 0 Å². The van der Waals surface area contributed by atoms with Gasteiger partial charge in [0.25, 0.3) is 11.8 Å². The summed E-state index contributed by atoms with van der Waals surface area (Å²) in [7, 11) is 0. The fraction of sp³-hybridized carbons (Fsp3) is 0.304. The van der Waals surface area contributed by atoms with E-state index in [0.29, 0.717) is 30.4 Å². The van der Waals surface area contributed by atoms with E-state index in [1.165, 1.54) is 9.80 Å². The standard InChI is InChI=1S/C23H22N2O5/c26-20(25-17(15-30-23(25)29)14-16-8-2-1-3-9-16)12-6-7-13-24-21(27)18-10-4-5-11-19(18)22(24)28/h1-5,8-11,17H,6-7,12-15H2/t17-/m0/s1. The van der Waals surface area contributed by atoms with Gasteiger partial charge in [-0.25, -0.2) is 9.69 Å². The summed E-state index contributed by atoms with van der Waals surface area (Å²) in [5, 5.41) is 0. The molecule has 4 amide bonds. The fourth-order valence-electron chi connectivity index (χ4n) is 3.91. The number of nitrogens with zero attached hydrogens (tertiary/aromatic N) is 2. The van der Waals surface area contributed by atoms with Gasteiger partial charge in [-0.2, -0.15) is 0 Å². The van der Waals surface area contributed by atoms with Gasteiger partial charge < -0.3 is 4.74 Å². The first kappa shape index (κ1) is 19.8. The van der Waals surface area contributed by atoms with Crippen molar-refractivity contribution in [3.05, 3.63) is 71.3 Å². The zero-order chi connectivity index (χ0) is 21.1. The maximum absolute atomic E-state index is 12.6. The molecule has 0 N–H and O–H groups in total. The van der Waals surface area contributed by atoms with Crippen LogP contribution in [0.25, 0.3) is 0 Å². The van der Waals surface area contributed by atoms with Gasteiger partial charge in [-0.15, -0.1) is 0 Å². The Hall–Kier alpha value is -3.48. The second-order valence-electron chi connectivity index (χ2n) is 7.45. The Kier molecular flexibility index (Phi) is 5.61. The molecule has 1 saturated heterocycles. The van der Waals surface area contributed by atoms with E-state index < -0.39 is 6.09 Å². The van der Waals surface area contributed by atoms with Gasteiger partial charge in [-0.05, 0) is 37.0 Å². The van der Waals surface area contributed by atoms with E-state index in [1.54, 1.807) is 24.3 Å². The summed E-state index contributed by atoms with van der Waals surface area (Å²) in [6, 6.07) is 16.1. The smallest absolute Gasteiger partial charge is 0.416 e. The number of hydrogen-bond acceptors (Lipinski definition) is 5. The van der Waals surface area contributed by atoms with E-state index in [4.69, 9.17) is 4.74 Å². The molecule has 7 nitrogen and oxygen atoms in total. The third-order valence-corrected chi connectivity index (χ3v) is 5.44. The van der Waals surface area contributed by atoms with Crippen molar-refractivity contribution in [3.8, 4) is 0 Å². The highest BCUT2D eigenvalue weighted by atomic mass is 16.6. The second-order valence-corrected chi connectivity index (χ2v) is 7.45. The van der Waals surface area contributed by atoms with Crippen LogP contribution in [0.3, 0.4) is 0 Å². The Morgan fingerprint density at radius 3 is 2.20 bits per heavy atom. The number of cyclic esters (lactones) is 1. The summed E-state index contributed by atoms with van der Waals surface area (Å²) in [5.41, 5.74) is 1.87. The van der Waals surface area contributed by atoms with Gasteiger partial charge in [-0.1, -0.05) is 42.5 Å². The molecule has 30 heavy (non-hydrogen) atoms. The molecule has 0 radical (unpaired) electrons. The second kappa shape index (κ2) is 8.49. The molecule has 2 heterocycles. The zero-order valence-corrected chi connectivity index (χ0v) is 16.5. The molecule has 1 atom stereocenters. The Morgan fingerprint density at radius 1 is 0.900 bits per heavy atom. The Bertz CT molecular complexity index is 953. The van der Waals surface area contributed by atoms with Crippen molar-refractivity contribution in [2.75, 3.05) is 13.2 Å². The molecule has 0 saturated carbocycles. The monoisotopic (exact) mass is 406 g/mol. The molecule has 7 heteroatoms. The van der Waals surface area contributed by atoms with Crippen molar-refractivity contribution in [1.82, 2.24) is 9.80 Å². The largest absolute Gasteiger partial charge is 0.447 e. The quantitative estimate of drug-likeness (QED) is 0.521. The minimum atomic E-state index is -0.610. The molecule has 0 bridgehead atoms. The van der Waals surface area contributed by atoms with Crippen LogP contribution in [0, 0.1) is 0 Å². The Balaban J connectivity index is 1.29. The maximum atomic E-state index is 12.6. The highest BCUT2D eigenvalue weighted by Crippen LogP contribution is 2.23. The van der Waals surface area contributed by atoms with E-state index in [9.17, 15) is 19.2 Å². The Morgan fingerprint density at radius 2 is 1.53 bits per heavy atom. The molecule has 2 aromatic rings. The van der Waals surface area contributed by atoms with Crippen LogP contribution in [0.4, 0.5) is 4.79 Å². The van der Waals surface area contributed by atoms with Crippen molar-refractivity contribution in [2.24, 2.45) is 0 Å². The third kappa shape index (κ3) is 3.83. The minimum Gasteiger partial charge on any atom is -0.447 e. The lowest BCUT2D eigenvalue weighted by molar-refractivity contribution is -0.129. The van der Waals surface area contributed by atoms with Crippen molar-refractivity contribution < 1.29 is 23.9 Å². The number of unbranched alkanes of at least 4 members (excludes halogenated alkanes) is 1. The number of benzene rings is 2. The summed E-state index contributed by atoms with van der Waals surface area (Å²) >= 11 is 0. The van der Waals surface area contributed by atoms with Crippen LogP contribution in [-0.4, -0.2) is 52.8 Å². The summed E-state index contributed by atoms with van der Waals surface area (Å²) in [6.07, 6.45) is 1.05. The van der Waals surface area contributed by atoms with Crippen LogP contribution in [0.1, 0.15) is 45.5 Å². The molecule has 2 aliphatic heterocycles. The van der Waals surface area contributed by atoms with Gasteiger partial charge in [0.05, 0.1) is 17.2 Å². The zero-order valence-electron chi connectivity index (χ0n) is 16.5. The number of hydrogen-bond donors (Lipinski definition) is 0. The SMILES string of the molecule is O=C1c2ccccc2C(=O)N1CCCCC(=O)N1C(=O)OC[C@@H]1Cc1ccccc1. The molecule has 0 aliphatic carbocycles. The van der Waals surface area contributed by atoms with E-state index in [2.05, 4.69) is 0 Å². The molecule has 0 aromatic heterocycles. The van der Waals surface area contributed by atoms with Crippen molar-refractivity contribution in [1.29, 1.82) is 0 Å². The van der Waals surface area contributed by atoms with Gasteiger partial charge >= 0.3 is 6.09 Å². The molecule has 1 fully saturated rings. The first-order valence-corrected chi connectivity index (χ1v) is 10.0. The highest BCUT2D eigenvalue weighted by molar-refractivity contribution is 6.21. The van der Waals surface area contributed by atoms with Crippen LogP contribution in [0.15, 0.2) is 54.6 Å². The first-order valence-electron chi connectivity index (χ1n) is 10.0. The molecular weight excluding hydrogens is 384 g/mol. The number of imide groups is 2. The molecule has 0 spiro atoms. The van der Waals surface area contributed by atoms with Crippen molar-refractivity contribution in [3.63, 3.8) is 0 Å². The maximum Gasteiger partial charge on any atom is 0.416 e. The van der Waals surface area contributed by atoms with Gasteiger partial charge in [0.2, 0.25) is 5.91 Å². The molecule has 154 valence electrons. The lowest BCUT2D eigenvalue weighted by Crippen LogP contribution is -2.40. The lowest BCUT2D eigenvalue weighted by Gasteiger charge is -2.20. The van der Waals surface area contributed by atoms with Crippen molar-refractivity contribution in [2.45, 2.75) is 31.7 Å². The topological polar surface area (TPSA) is 84.0 Å². The van der Waals surface area contributed by atoms with Crippen LogP contribution in [-0.2, 0) is 16.0 Å². The number of carbonyl (C=O) groups excluding carboxylic acids is 4. The third-order valence-electron chi connectivity index (χ3n) is 5.44. The summed E-state index contributed by atoms with van der Waals surface area (Å²) in [5.74, 6) is -0.887. The molecular formula is C23H22N2O5. The molecule has 4 rings (SSSR count). The van der Waals surface area contributed by atoms with Crippen LogP contribution in [0.2, 0.25) is 0 Å². The van der Waals surface area contributed by atoms with Gasteiger partial charge in [-0.3, -0.25) is 19.3 Å². The van der Waals surface area contributed by atoms with E-state index in [1.807, 2.05) is 30.3 Å². The summed E-state index contributed by atoms with van der Waals surface area (Å²) < 4.78 is 5.09. The summed E-state index contributed by atoms with van der Waals surface area (Å²) in [6.45, 7) is 0.437. The van der Waals surface area contributed by atoms with E-state index in [-0.39, 0.29) is 43.3 Å². The fourth-order valence-corrected chi connectivity index (χ4v) is 3.91. The molecule has 2 aliphatic rings. The number of amides is 4. The number of ether oxygens (including phenoxy) is 1. The molecule has 0 unspecified atom stereocenters. The first-order chi connectivity index (χ1) is 14.6. The predicted octanol–water partition coefficient (Wildman–Crippen LogP) is 3.04. The van der Waals surface area contributed by atoms with Gasteiger partial charge in [0.1, 0.15) is 6.61 Å². The predicted molar refractivity (Wildman–Crippen MR) is 108 cm³/mol. The highest BCUT2D eigenvalue weighted by Gasteiger charge is 2.38. The average Bonchev–Trinajstić information content (AvgIpc) is 3.24. The van der Waals surface area contributed by atoms with Crippen molar-refractivity contribution >= 4 is 23.8 Å². The number of carbonyl (C=O) groups is 4. The number of rotatable bonds is 7. The lowest BCUT2D eigenvalue weighted by atomic mass is 10.1. The normalized spacial score (nSPS) is 18.0. The average molecular weight is 406 g/mol. The van der Waals surface area contributed by atoms with Crippen LogP contribution < -0.4 is 0 Å². The van der Waals surface area contributed by atoms with E-state index in [0.717, 1.165) is 5.56 Å². The van der Waals surface area contributed by atoms with E-state index >= 15 is 0 Å². The van der Waals surface area contributed by atoms with Crippen LogP contribution >= 0.6 is 0 Å². The molecule has 2 aromatic carbocycles. The van der Waals surface area contributed by atoms with Gasteiger partial charge in [0, 0.05) is 13.0 Å². The summed E-state index contributed by atoms with van der Waals surface area (Å²) in [4.78, 5) is 51.9. The Labute approximate surface area is 174 Å². The van der Waals surface area contributed by atoms with Crippen LogP contribution in [0.5, 0.6) is 0 Å². The minimum absolute atomic E-state index is 0.156. The number of fused-ring (bicyclic) bond motifs is 1.